The number of benzene rings is 4. The van der Waals surface area contributed by atoms with Crippen molar-refractivity contribution in [2.24, 2.45) is 0 Å². The molecule has 4 aromatic carbocycles. The molecule has 30 nitrogen and oxygen atoms in total. The van der Waals surface area contributed by atoms with Crippen LogP contribution in [0.15, 0.2) is 152 Å². The zero-order valence-electron chi connectivity index (χ0n) is 51.6. The number of aromatic nitrogens is 10. The molecule has 0 bridgehead atoms. The van der Waals surface area contributed by atoms with Gasteiger partial charge in [-0.05, 0) is 74.9 Å². The molecule has 0 aliphatic rings. The molecule has 0 spiro atoms. The molecule has 0 saturated heterocycles. The Morgan fingerprint density at radius 3 is 1.07 bits per heavy atom. The Bertz CT molecular complexity index is 4070. The molecular formula is C66H62N12O18. The number of amidine groups is 1. The second kappa shape index (κ2) is 34.4. The summed E-state index contributed by atoms with van der Waals surface area (Å²) in [6, 6.07) is 25.6. The van der Waals surface area contributed by atoms with E-state index in [-0.39, 0.29) is 143 Å². The fourth-order valence-electron chi connectivity index (χ4n) is 8.72. The predicted molar refractivity (Wildman–Crippen MR) is 334 cm³/mol. The fraction of sp³-hybridized carbons (Fsp3) is 0.273. The highest BCUT2D eigenvalue weighted by atomic mass is 16.6. The van der Waals surface area contributed by atoms with Crippen LogP contribution in [0.2, 0.25) is 0 Å². The normalized spacial score (nSPS) is 10.9. The van der Waals surface area contributed by atoms with E-state index in [0.717, 1.165) is 18.2 Å². The highest BCUT2D eigenvalue weighted by molar-refractivity contribution is 6.07. The van der Waals surface area contributed by atoms with E-state index in [2.05, 4.69) is 60.8 Å². The summed E-state index contributed by atoms with van der Waals surface area (Å²) < 4.78 is 59.0. The van der Waals surface area contributed by atoms with E-state index in [9.17, 15) is 33.6 Å². The molecule has 9 aromatic rings. The van der Waals surface area contributed by atoms with Gasteiger partial charge in [0.05, 0.1) is 58.9 Å². The molecular weight excluding hydrogens is 1250 g/mol. The molecule has 30 heteroatoms. The molecule has 2 N–H and O–H groups in total. The summed E-state index contributed by atoms with van der Waals surface area (Å²) in [5.41, 5.74) is 3.95. The monoisotopic (exact) mass is 1310 g/mol. The molecule has 0 saturated carbocycles. The van der Waals surface area contributed by atoms with Crippen molar-refractivity contribution >= 4 is 47.6 Å². The number of rotatable bonds is 36. The summed E-state index contributed by atoms with van der Waals surface area (Å²) in [4.78, 5) is 107. The molecule has 494 valence electrons. The first-order valence-electron chi connectivity index (χ1n) is 30.1. The van der Waals surface area contributed by atoms with Crippen LogP contribution in [0.4, 0.5) is 0 Å². The third kappa shape index (κ3) is 20.1. The summed E-state index contributed by atoms with van der Waals surface area (Å²) in [5, 5.41) is 32.2. The van der Waals surface area contributed by atoms with Gasteiger partial charge in [0.1, 0.15) is 5.84 Å². The van der Waals surface area contributed by atoms with Gasteiger partial charge in [0.2, 0.25) is 46.8 Å². The Morgan fingerprint density at radius 1 is 0.385 bits per heavy atom. The van der Waals surface area contributed by atoms with Crippen LogP contribution in [0, 0.1) is 5.41 Å². The maximum absolute atomic E-state index is 12.8. The van der Waals surface area contributed by atoms with Gasteiger partial charge in [-0.1, -0.05) is 100 Å². The Balaban J connectivity index is 0.895. The van der Waals surface area contributed by atoms with Gasteiger partial charge >= 0.3 is 35.8 Å². The zero-order valence-corrected chi connectivity index (χ0v) is 51.6. The average molecular weight is 1310 g/mol. The van der Waals surface area contributed by atoms with E-state index in [1.165, 1.54) is 0 Å². The van der Waals surface area contributed by atoms with Crippen molar-refractivity contribution < 1.29 is 84.6 Å². The lowest BCUT2D eigenvalue weighted by atomic mass is 10.0. The van der Waals surface area contributed by atoms with Crippen LogP contribution in [0.25, 0.3) is 91.3 Å². The van der Waals surface area contributed by atoms with Crippen molar-refractivity contribution in [2.75, 3.05) is 39.6 Å². The van der Waals surface area contributed by atoms with Crippen molar-refractivity contribution in [1.82, 2.24) is 56.0 Å². The number of ether oxygens (including phenoxy) is 6. The average Bonchev–Trinajstić information content (AvgIpc) is 1.62. The SMILES string of the molecule is C=CC(=O)OCCCCOC(=O)CCC(=O)NC(=N)c1cccc(-c2noc(-c3cc(-c4nc(-c5cccc(-c6noc(CCC(=O)OCCCCOC(=O)C=C)n6)c5)no4)cc(-c4nc(-c5cccc(-c6noc(CCC(=O)OCCCCOC(=O)C=C)n6)c5)no4)c3)n2)c1. The Labute approximate surface area is 545 Å². The van der Waals surface area contributed by atoms with E-state index in [1.54, 1.807) is 91.0 Å². The van der Waals surface area contributed by atoms with Gasteiger partial charge in [0, 0.05) is 87.6 Å². The number of carbonyl (C=O) groups is 7. The highest BCUT2D eigenvalue weighted by Gasteiger charge is 2.23. The molecule has 5 heterocycles. The minimum atomic E-state index is -0.601. The summed E-state index contributed by atoms with van der Waals surface area (Å²) >= 11 is 0. The number of aryl methyl sites for hydroxylation is 2. The van der Waals surface area contributed by atoms with Crippen LogP contribution in [-0.2, 0) is 74.8 Å². The van der Waals surface area contributed by atoms with Crippen molar-refractivity contribution in [3.8, 4) is 91.3 Å². The number of carbonyl (C=O) groups excluding carboxylic acids is 7. The summed E-state index contributed by atoms with van der Waals surface area (Å²) in [6.45, 7) is 10.9. The predicted octanol–water partition coefficient (Wildman–Crippen LogP) is 9.18. The van der Waals surface area contributed by atoms with Crippen LogP contribution >= 0.6 is 0 Å². The largest absolute Gasteiger partial charge is 0.466 e. The van der Waals surface area contributed by atoms with Gasteiger partial charge in [-0.25, -0.2) is 14.4 Å². The highest BCUT2D eigenvalue weighted by Crippen LogP contribution is 2.35. The Hall–Kier alpha value is -12.2. The quantitative estimate of drug-likeness (QED) is 0.00922. The van der Waals surface area contributed by atoms with E-state index < -0.39 is 41.7 Å². The first kappa shape index (κ1) is 68.1. The van der Waals surface area contributed by atoms with Crippen molar-refractivity contribution in [1.29, 1.82) is 5.41 Å². The molecule has 96 heavy (non-hydrogen) atoms. The van der Waals surface area contributed by atoms with Gasteiger partial charge in [-0.3, -0.25) is 24.6 Å². The molecule has 0 aliphatic heterocycles. The van der Waals surface area contributed by atoms with Crippen LogP contribution in [0.3, 0.4) is 0 Å². The number of hydrogen-bond donors (Lipinski definition) is 2. The van der Waals surface area contributed by atoms with Crippen LogP contribution < -0.4 is 5.32 Å². The maximum atomic E-state index is 12.8. The minimum Gasteiger partial charge on any atom is -0.466 e. The van der Waals surface area contributed by atoms with Crippen LogP contribution in [-0.4, -0.2) is 138 Å². The lowest BCUT2D eigenvalue weighted by Crippen LogP contribution is -2.30. The number of nitrogens with one attached hydrogen (secondary N) is 2. The number of hydrogen-bond acceptors (Lipinski definition) is 29. The van der Waals surface area contributed by atoms with Gasteiger partial charge in [-0.15, -0.1) is 0 Å². The number of esters is 6. The second-order valence-corrected chi connectivity index (χ2v) is 20.7. The van der Waals surface area contributed by atoms with E-state index >= 15 is 0 Å². The molecule has 0 aliphatic carbocycles. The second-order valence-electron chi connectivity index (χ2n) is 20.7. The molecule has 0 atom stereocenters. The van der Waals surface area contributed by atoms with E-state index in [4.69, 9.17) is 71.4 Å². The Morgan fingerprint density at radius 2 is 0.698 bits per heavy atom. The molecule has 9 rings (SSSR count). The van der Waals surface area contributed by atoms with Gasteiger partial charge in [-0.2, -0.15) is 24.9 Å². The minimum absolute atomic E-state index is 0.00808. The third-order valence-electron chi connectivity index (χ3n) is 13.6. The third-order valence-corrected chi connectivity index (χ3v) is 13.6. The zero-order chi connectivity index (χ0) is 67.6. The van der Waals surface area contributed by atoms with Gasteiger partial charge < -0.3 is 56.4 Å². The van der Waals surface area contributed by atoms with E-state index in [1.807, 2.05) is 0 Å². The van der Waals surface area contributed by atoms with Crippen molar-refractivity contribution in [2.45, 2.75) is 77.0 Å². The van der Waals surface area contributed by atoms with Crippen molar-refractivity contribution in [3.05, 3.63) is 146 Å². The van der Waals surface area contributed by atoms with Crippen molar-refractivity contribution in [3.63, 3.8) is 0 Å². The Kier molecular flexibility index (Phi) is 24.4. The standard InChI is InChI=1S/C66H62N12O18/c1-4-52(80)86-28-7-10-31-89-55(83)25-22-49(79)68-58(67)40-16-13-17-41(34-40)61-71-64(94-76-61)46-37-47(65-72-62(77-95-65)44-20-14-18-42(35-44)59-69-50(92-74-59)23-26-56(84)90-32-11-8-29-87-53(81)5-2)39-48(38-46)66-73-63(78-96-66)45-21-15-19-43(36-45)60-70-51(93-75-60)24-27-57(85)91-33-12-9-30-88-54(82)6-3/h4-6,13-21,34-39H,1-3,7-12,22-33H2,(H2,67,68,79). The van der Waals surface area contributed by atoms with Crippen LogP contribution in [0.5, 0.6) is 0 Å². The first-order valence-corrected chi connectivity index (χ1v) is 30.1. The lowest BCUT2D eigenvalue weighted by molar-refractivity contribution is -0.145. The number of unbranched alkanes of at least 4 members (excludes halogenated alkanes) is 3. The molecule has 1 amide bonds. The molecule has 0 radical (unpaired) electrons. The summed E-state index contributed by atoms with van der Waals surface area (Å²) in [5.74, 6) is -2.40. The molecule has 0 fully saturated rings. The number of amides is 1. The van der Waals surface area contributed by atoms with E-state index in [0.29, 0.717) is 88.6 Å². The lowest BCUT2D eigenvalue weighted by Gasteiger charge is -2.08. The molecule has 0 unspecified atom stereocenters. The number of nitrogens with zero attached hydrogens (tertiary/aromatic N) is 10. The summed E-state index contributed by atoms with van der Waals surface area (Å²) in [7, 11) is 0. The maximum Gasteiger partial charge on any atom is 0.330 e. The summed E-state index contributed by atoms with van der Waals surface area (Å²) in [6.07, 6.45) is 5.94. The molecule has 5 aromatic heterocycles. The smallest absolute Gasteiger partial charge is 0.330 e. The van der Waals surface area contributed by atoms with Crippen LogP contribution in [0.1, 0.15) is 81.6 Å². The first-order chi connectivity index (χ1) is 46.7. The van der Waals surface area contributed by atoms with Gasteiger partial charge in [0.15, 0.2) is 0 Å². The fourth-order valence-corrected chi connectivity index (χ4v) is 8.72. The van der Waals surface area contributed by atoms with Gasteiger partial charge in [0.25, 0.3) is 17.7 Å². The topological polar surface area (TPSA) is 405 Å².